The van der Waals surface area contributed by atoms with E-state index in [0.29, 0.717) is 25.3 Å². The monoisotopic (exact) mass is 474 g/mol. The molecule has 0 aliphatic carbocycles. The molecule has 178 valence electrons. The average molecular weight is 475 g/mol. The maximum Gasteiger partial charge on any atom is 0.243 e. The second kappa shape index (κ2) is 13.6. The second-order valence-corrected chi connectivity index (χ2v) is 9.47. The van der Waals surface area contributed by atoms with Gasteiger partial charge >= 0.3 is 0 Å². The number of carbonyl (C=O) groups excluding carboxylic acids is 2. The van der Waals surface area contributed by atoms with E-state index in [1.54, 1.807) is 16.7 Å². The van der Waals surface area contributed by atoms with Crippen molar-refractivity contribution in [2.45, 2.75) is 45.0 Å². The Hall–Kier alpha value is -3.05. The van der Waals surface area contributed by atoms with E-state index in [4.69, 9.17) is 0 Å². The molecule has 5 heteroatoms. The molecule has 0 bridgehead atoms. The fourth-order valence-electron chi connectivity index (χ4n) is 3.72. The summed E-state index contributed by atoms with van der Waals surface area (Å²) in [4.78, 5) is 28.5. The number of nitrogens with one attached hydrogen (secondary N) is 1. The first-order valence-corrected chi connectivity index (χ1v) is 13.0. The Morgan fingerprint density at radius 3 is 2.09 bits per heavy atom. The maximum atomic E-state index is 13.5. The standard InChI is InChI=1S/C29H34N2O2S/c1-3-18-30-29(33)27(19-24-10-6-4-7-11-24)31(20-25-12-8-5-9-13-25)28(32)22-34-21-26-16-14-23(2)15-17-26/h4-17,27H,3,18-22H2,1-2H3,(H,30,33)/t27-/m1/s1. The first kappa shape index (κ1) is 25.6. The zero-order valence-electron chi connectivity index (χ0n) is 20.1. The first-order chi connectivity index (χ1) is 16.6. The molecule has 0 radical (unpaired) electrons. The largest absolute Gasteiger partial charge is 0.354 e. The highest BCUT2D eigenvalue weighted by Gasteiger charge is 2.30. The van der Waals surface area contributed by atoms with Crippen LogP contribution < -0.4 is 5.32 Å². The van der Waals surface area contributed by atoms with Gasteiger partial charge in [-0.15, -0.1) is 11.8 Å². The minimum Gasteiger partial charge on any atom is -0.354 e. The second-order valence-electron chi connectivity index (χ2n) is 8.48. The maximum absolute atomic E-state index is 13.5. The summed E-state index contributed by atoms with van der Waals surface area (Å²) in [5.41, 5.74) is 4.47. The number of hydrogen-bond donors (Lipinski definition) is 1. The van der Waals surface area contributed by atoms with Gasteiger partial charge < -0.3 is 10.2 Å². The van der Waals surface area contributed by atoms with Crippen LogP contribution in [0.15, 0.2) is 84.9 Å². The minimum atomic E-state index is -0.568. The highest BCUT2D eigenvalue weighted by Crippen LogP contribution is 2.19. The minimum absolute atomic E-state index is 0.0199. The van der Waals surface area contributed by atoms with Crippen LogP contribution in [0.25, 0.3) is 0 Å². The zero-order valence-corrected chi connectivity index (χ0v) is 20.9. The van der Waals surface area contributed by atoms with Crippen LogP contribution in [0.3, 0.4) is 0 Å². The van der Waals surface area contributed by atoms with Gasteiger partial charge in [-0.25, -0.2) is 0 Å². The van der Waals surface area contributed by atoms with Crippen molar-refractivity contribution in [3.63, 3.8) is 0 Å². The summed E-state index contributed by atoms with van der Waals surface area (Å²) >= 11 is 1.59. The van der Waals surface area contributed by atoms with Crippen LogP contribution >= 0.6 is 11.8 Å². The number of amides is 2. The van der Waals surface area contributed by atoms with Gasteiger partial charge in [-0.3, -0.25) is 9.59 Å². The van der Waals surface area contributed by atoms with Crippen molar-refractivity contribution in [1.29, 1.82) is 0 Å². The summed E-state index contributed by atoms with van der Waals surface area (Å²) in [6, 6.07) is 27.6. The van der Waals surface area contributed by atoms with Crippen LogP contribution in [0.2, 0.25) is 0 Å². The van der Waals surface area contributed by atoms with Crippen LogP contribution in [0.5, 0.6) is 0 Å². The topological polar surface area (TPSA) is 49.4 Å². The molecule has 3 aromatic rings. The molecule has 4 nitrogen and oxygen atoms in total. The van der Waals surface area contributed by atoms with E-state index in [-0.39, 0.29) is 11.8 Å². The third-order valence-corrected chi connectivity index (χ3v) is 6.62. The molecule has 0 aromatic heterocycles. The molecule has 0 saturated heterocycles. The highest BCUT2D eigenvalue weighted by molar-refractivity contribution is 7.99. The van der Waals surface area contributed by atoms with Crippen LogP contribution in [0, 0.1) is 6.92 Å². The summed E-state index contributed by atoms with van der Waals surface area (Å²) in [5.74, 6) is 0.968. The lowest BCUT2D eigenvalue weighted by Gasteiger charge is -2.31. The molecule has 3 aromatic carbocycles. The van der Waals surface area contributed by atoms with Crippen LogP contribution in [-0.2, 0) is 28.3 Å². The highest BCUT2D eigenvalue weighted by atomic mass is 32.2. The van der Waals surface area contributed by atoms with Gasteiger partial charge in [0.25, 0.3) is 0 Å². The summed E-state index contributed by atoms with van der Waals surface area (Å²) in [7, 11) is 0. The van der Waals surface area contributed by atoms with Crippen molar-refractivity contribution in [1.82, 2.24) is 10.2 Å². The number of benzene rings is 3. The lowest BCUT2D eigenvalue weighted by atomic mass is 10.0. The predicted octanol–water partition coefficient (Wildman–Crippen LogP) is 5.39. The molecule has 2 amide bonds. The van der Waals surface area contributed by atoms with Crippen molar-refractivity contribution in [3.05, 3.63) is 107 Å². The number of carbonyl (C=O) groups is 2. The van der Waals surface area contributed by atoms with Crippen LogP contribution in [-0.4, -0.2) is 35.1 Å². The molecule has 1 N–H and O–H groups in total. The van der Waals surface area contributed by atoms with Crippen molar-refractivity contribution in [2.75, 3.05) is 12.3 Å². The number of hydrogen-bond acceptors (Lipinski definition) is 3. The van der Waals surface area contributed by atoms with E-state index in [1.807, 2.05) is 67.6 Å². The Morgan fingerprint density at radius 2 is 1.47 bits per heavy atom. The Kier molecular flexibility index (Phi) is 10.2. The predicted molar refractivity (Wildman–Crippen MR) is 142 cm³/mol. The van der Waals surface area contributed by atoms with E-state index >= 15 is 0 Å². The third kappa shape index (κ3) is 8.07. The lowest BCUT2D eigenvalue weighted by molar-refractivity contribution is -0.139. The Labute approximate surface area is 207 Å². The van der Waals surface area contributed by atoms with E-state index in [2.05, 4.69) is 36.5 Å². The normalized spacial score (nSPS) is 11.6. The van der Waals surface area contributed by atoms with Gasteiger partial charge in [0.1, 0.15) is 6.04 Å². The zero-order chi connectivity index (χ0) is 24.2. The summed E-state index contributed by atoms with van der Waals surface area (Å²) in [6.45, 7) is 5.10. The molecule has 0 fully saturated rings. The summed E-state index contributed by atoms with van der Waals surface area (Å²) < 4.78 is 0. The molecular weight excluding hydrogens is 440 g/mol. The molecule has 0 aliphatic rings. The number of nitrogens with zero attached hydrogens (tertiary/aromatic N) is 1. The molecule has 0 heterocycles. The SMILES string of the molecule is CCCNC(=O)[C@@H](Cc1ccccc1)N(Cc1ccccc1)C(=O)CSCc1ccc(C)cc1. The van der Waals surface area contributed by atoms with E-state index in [9.17, 15) is 9.59 Å². The third-order valence-electron chi connectivity index (χ3n) is 5.63. The van der Waals surface area contributed by atoms with Gasteiger partial charge in [0.05, 0.1) is 5.75 Å². The lowest BCUT2D eigenvalue weighted by Crippen LogP contribution is -2.51. The average Bonchev–Trinajstić information content (AvgIpc) is 2.87. The van der Waals surface area contributed by atoms with Crippen molar-refractivity contribution < 1.29 is 9.59 Å². The van der Waals surface area contributed by atoms with E-state index < -0.39 is 6.04 Å². The number of thioether (sulfide) groups is 1. The van der Waals surface area contributed by atoms with Gasteiger partial charge in [-0.2, -0.15) is 0 Å². The van der Waals surface area contributed by atoms with Gasteiger partial charge in [0.15, 0.2) is 0 Å². The van der Waals surface area contributed by atoms with Crippen molar-refractivity contribution in [2.24, 2.45) is 0 Å². The molecule has 0 unspecified atom stereocenters. The van der Waals surface area contributed by atoms with Gasteiger partial charge in [0, 0.05) is 25.3 Å². The molecule has 0 aliphatic heterocycles. The fourth-order valence-corrected chi connectivity index (χ4v) is 4.59. The Balaban J connectivity index is 1.79. The van der Waals surface area contributed by atoms with Gasteiger partial charge in [0.2, 0.25) is 11.8 Å². The molecule has 3 rings (SSSR count). The van der Waals surface area contributed by atoms with E-state index in [0.717, 1.165) is 23.3 Å². The van der Waals surface area contributed by atoms with Gasteiger partial charge in [-0.05, 0) is 30.0 Å². The van der Waals surface area contributed by atoms with E-state index in [1.165, 1.54) is 11.1 Å². The number of rotatable bonds is 12. The molecule has 34 heavy (non-hydrogen) atoms. The molecular formula is C29H34N2O2S. The fraction of sp³-hybridized carbons (Fsp3) is 0.310. The van der Waals surface area contributed by atoms with Gasteiger partial charge in [-0.1, -0.05) is 97.4 Å². The van der Waals surface area contributed by atoms with Crippen molar-refractivity contribution in [3.8, 4) is 0 Å². The molecule has 0 spiro atoms. The Morgan fingerprint density at radius 1 is 0.853 bits per heavy atom. The molecule has 1 atom stereocenters. The van der Waals surface area contributed by atoms with Crippen molar-refractivity contribution >= 4 is 23.6 Å². The summed E-state index contributed by atoms with van der Waals surface area (Å²) in [5, 5.41) is 3.02. The summed E-state index contributed by atoms with van der Waals surface area (Å²) in [6.07, 6.45) is 1.33. The Bertz CT molecular complexity index is 1020. The smallest absolute Gasteiger partial charge is 0.243 e. The quantitative estimate of drug-likeness (QED) is 0.383. The molecule has 0 saturated carbocycles. The number of aryl methyl sites for hydroxylation is 1. The van der Waals surface area contributed by atoms with Crippen LogP contribution in [0.1, 0.15) is 35.6 Å². The van der Waals surface area contributed by atoms with Crippen LogP contribution in [0.4, 0.5) is 0 Å². The first-order valence-electron chi connectivity index (χ1n) is 11.8.